The molecule has 1 aliphatic rings. The van der Waals surface area contributed by atoms with Crippen LogP contribution >= 0.6 is 0 Å². The molecule has 1 aliphatic heterocycles. The van der Waals surface area contributed by atoms with Crippen LogP contribution in [0.25, 0.3) is 0 Å². The number of pyridine rings is 1. The Hall–Kier alpha value is -2.36. The Morgan fingerprint density at radius 2 is 1.71 bits per heavy atom. The highest BCUT2D eigenvalue weighted by Gasteiger charge is 2.14. The van der Waals surface area contributed by atoms with Crippen LogP contribution in [0.15, 0.2) is 36.4 Å². The van der Waals surface area contributed by atoms with Crippen LogP contribution in [0.2, 0.25) is 0 Å². The zero-order valence-corrected chi connectivity index (χ0v) is 14.5. The Kier molecular flexibility index (Phi) is 5.14. The molecule has 2 aromatic rings. The Bertz CT molecular complexity index is 719. The quantitative estimate of drug-likeness (QED) is 0.914. The highest BCUT2D eigenvalue weighted by Crippen LogP contribution is 2.20. The molecule has 0 aliphatic carbocycles. The van der Waals surface area contributed by atoms with E-state index in [2.05, 4.69) is 15.2 Å². The van der Waals surface area contributed by atoms with Crippen molar-refractivity contribution in [3.8, 4) is 0 Å². The summed E-state index contributed by atoms with van der Waals surface area (Å²) in [6.45, 7) is 6.11. The number of aromatic nitrogens is 1. The third kappa shape index (κ3) is 3.75. The first-order chi connectivity index (χ1) is 11.6. The molecule has 4 heteroatoms. The van der Waals surface area contributed by atoms with E-state index in [1.54, 1.807) is 6.07 Å². The predicted octanol–water partition coefficient (Wildman–Crippen LogP) is 4.33. The van der Waals surface area contributed by atoms with E-state index in [1.165, 1.54) is 31.2 Å². The maximum atomic E-state index is 12.6. The van der Waals surface area contributed by atoms with E-state index in [4.69, 9.17) is 0 Å². The number of anilines is 2. The van der Waals surface area contributed by atoms with Gasteiger partial charge in [0.05, 0.1) is 0 Å². The number of aryl methyl sites for hydroxylation is 1. The maximum Gasteiger partial charge on any atom is 0.274 e. The van der Waals surface area contributed by atoms with E-state index in [0.717, 1.165) is 30.2 Å². The van der Waals surface area contributed by atoms with Gasteiger partial charge < -0.3 is 10.2 Å². The Balaban J connectivity index is 1.77. The van der Waals surface area contributed by atoms with Crippen molar-refractivity contribution in [2.45, 2.75) is 39.5 Å². The second-order valence-corrected chi connectivity index (χ2v) is 6.48. The molecule has 0 atom stereocenters. The number of amides is 1. The van der Waals surface area contributed by atoms with Crippen molar-refractivity contribution in [3.05, 3.63) is 53.2 Å². The number of rotatable bonds is 3. The van der Waals surface area contributed by atoms with Gasteiger partial charge in [0.15, 0.2) is 0 Å². The lowest BCUT2D eigenvalue weighted by Crippen LogP contribution is -2.26. The largest absolute Gasteiger partial charge is 0.357 e. The molecule has 1 N–H and O–H groups in total. The third-order valence-electron chi connectivity index (χ3n) is 4.75. The van der Waals surface area contributed by atoms with E-state index in [9.17, 15) is 4.79 Å². The van der Waals surface area contributed by atoms with Gasteiger partial charge in [-0.1, -0.05) is 31.0 Å². The summed E-state index contributed by atoms with van der Waals surface area (Å²) >= 11 is 0. The fraction of sp³-hybridized carbons (Fsp3) is 0.400. The summed E-state index contributed by atoms with van der Waals surface area (Å²) in [5.41, 5.74) is 3.58. The molecule has 3 rings (SSSR count). The van der Waals surface area contributed by atoms with Crippen LogP contribution < -0.4 is 10.2 Å². The molecule has 1 fully saturated rings. The van der Waals surface area contributed by atoms with Crippen molar-refractivity contribution < 1.29 is 4.79 Å². The van der Waals surface area contributed by atoms with Gasteiger partial charge in [0.1, 0.15) is 11.5 Å². The van der Waals surface area contributed by atoms with Gasteiger partial charge in [0, 0.05) is 18.8 Å². The maximum absolute atomic E-state index is 12.6. The summed E-state index contributed by atoms with van der Waals surface area (Å²) in [7, 11) is 0. The molecule has 126 valence electrons. The SMILES string of the molecule is Cc1cccc(NC(=O)c2cccc(N3CCCCCC3)n2)c1C. The van der Waals surface area contributed by atoms with Crippen molar-refractivity contribution in [2.75, 3.05) is 23.3 Å². The first-order valence-corrected chi connectivity index (χ1v) is 8.75. The molecular formula is C20H25N3O. The molecule has 1 amide bonds. The lowest BCUT2D eigenvalue weighted by atomic mass is 10.1. The van der Waals surface area contributed by atoms with Gasteiger partial charge in [-0.25, -0.2) is 4.98 Å². The standard InChI is InChI=1S/C20H25N3O/c1-15-9-7-10-17(16(15)2)22-20(24)18-11-8-12-19(21-18)23-13-5-3-4-6-14-23/h7-12H,3-6,13-14H2,1-2H3,(H,22,24). The number of hydrogen-bond donors (Lipinski definition) is 1. The Morgan fingerprint density at radius 3 is 2.46 bits per heavy atom. The molecule has 1 aromatic heterocycles. The fourth-order valence-corrected chi connectivity index (χ4v) is 3.10. The highest BCUT2D eigenvalue weighted by atomic mass is 16.1. The van der Waals surface area contributed by atoms with Crippen molar-refractivity contribution in [2.24, 2.45) is 0 Å². The van der Waals surface area contributed by atoms with Crippen LogP contribution in [0.5, 0.6) is 0 Å². The summed E-state index contributed by atoms with van der Waals surface area (Å²) in [5.74, 6) is 0.755. The number of carbonyl (C=O) groups is 1. The smallest absolute Gasteiger partial charge is 0.274 e. The van der Waals surface area contributed by atoms with E-state index in [-0.39, 0.29) is 5.91 Å². The van der Waals surface area contributed by atoms with Crippen LogP contribution in [-0.2, 0) is 0 Å². The van der Waals surface area contributed by atoms with Crippen LogP contribution in [0.1, 0.15) is 47.3 Å². The topological polar surface area (TPSA) is 45.2 Å². The summed E-state index contributed by atoms with van der Waals surface area (Å²) in [5, 5.41) is 2.99. The number of hydrogen-bond acceptors (Lipinski definition) is 3. The Morgan fingerprint density at radius 1 is 1.00 bits per heavy atom. The Labute approximate surface area is 143 Å². The summed E-state index contributed by atoms with van der Waals surface area (Å²) in [4.78, 5) is 19.5. The van der Waals surface area contributed by atoms with Gasteiger partial charge in [-0.3, -0.25) is 4.79 Å². The van der Waals surface area contributed by atoms with Crippen LogP contribution in [0, 0.1) is 13.8 Å². The van der Waals surface area contributed by atoms with E-state index in [0.29, 0.717) is 5.69 Å². The molecule has 0 unspecified atom stereocenters. The predicted molar refractivity (Wildman–Crippen MR) is 98.8 cm³/mol. The molecule has 2 heterocycles. The highest BCUT2D eigenvalue weighted by molar-refractivity contribution is 6.03. The zero-order chi connectivity index (χ0) is 16.9. The lowest BCUT2D eigenvalue weighted by Gasteiger charge is -2.21. The zero-order valence-electron chi connectivity index (χ0n) is 14.5. The molecular weight excluding hydrogens is 298 g/mol. The number of carbonyl (C=O) groups excluding carboxylic acids is 1. The molecule has 0 radical (unpaired) electrons. The van der Waals surface area contributed by atoms with Crippen LogP contribution in [0.4, 0.5) is 11.5 Å². The van der Waals surface area contributed by atoms with Crippen molar-refractivity contribution in [3.63, 3.8) is 0 Å². The van der Waals surface area contributed by atoms with Gasteiger partial charge in [-0.2, -0.15) is 0 Å². The van der Waals surface area contributed by atoms with Gasteiger partial charge in [-0.05, 0) is 56.0 Å². The van der Waals surface area contributed by atoms with Gasteiger partial charge in [0.25, 0.3) is 5.91 Å². The number of benzene rings is 1. The van der Waals surface area contributed by atoms with Crippen LogP contribution in [0.3, 0.4) is 0 Å². The van der Waals surface area contributed by atoms with E-state index < -0.39 is 0 Å². The molecule has 1 aromatic carbocycles. The third-order valence-corrected chi connectivity index (χ3v) is 4.75. The molecule has 0 saturated carbocycles. The monoisotopic (exact) mass is 323 g/mol. The van der Waals surface area contributed by atoms with E-state index >= 15 is 0 Å². The average molecular weight is 323 g/mol. The molecule has 24 heavy (non-hydrogen) atoms. The minimum atomic E-state index is -0.152. The normalized spacial score (nSPS) is 15.0. The minimum absolute atomic E-state index is 0.152. The van der Waals surface area contributed by atoms with Gasteiger partial charge >= 0.3 is 0 Å². The first-order valence-electron chi connectivity index (χ1n) is 8.75. The number of nitrogens with zero attached hydrogens (tertiary/aromatic N) is 2. The molecule has 0 spiro atoms. The summed E-state index contributed by atoms with van der Waals surface area (Å²) in [6.07, 6.45) is 4.95. The van der Waals surface area contributed by atoms with Crippen molar-refractivity contribution >= 4 is 17.4 Å². The minimum Gasteiger partial charge on any atom is -0.357 e. The van der Waals surface area contributed by atoms with Crippen molar-refractivity contribution in [1.82, 2.24) is 4.98 Å². The fourth-order valence-electron chi connectivity index (χ4n) is 3.10. The number of nitrogens with one attached hydrogen (secondary N) is 1. The van der Waals surface area contributed by atoms with Gasteiger partial charge in [0.2, 0.25) is 0 Å². The summed E-state index contributed by atoms with van der Waals surface area (Å²) < 4.78 is 0. The van der Waals surface area contributed by atoms with Gasteiger partial charge in [-0.15, -0.1) is 0 Å². The van der Waals surface area contributed by atoms with Crippen molar-refractivity contribution in [1.29, 1.82) is 0 Å². The second-order valence-electron chi connectivity index (χ2n) is 6.48. The molecule has 0 bridgehead atoms. The molecule has 1 saturated heterocycles. The average Bonchev–Trinajstić information content (AvgIpc) is 2.88. The lowest BCUT2D eigenvalue weighted by molar-refractivity contribution is 0.102. The summed E-state index contributed by atoms with van der Waals surface area (Å²) in [6, 6.07) is 11.6. The second kappa shape index (κ2) is 7.47. The molecule has 4 nitrogen and oxygen atoms in total. The first kappa shape index (κ1) is 16.5. The van der Waals surface area contributed by atoms with E-state index in [1.807, 2.05) is 44.2 Å². The van der Waals surface area contributed by atoms with Crippen LogP contribution in [-0.4, -0.2) is 24.0 Å².